The van der Waals surface area contributed by atoms with Crippen LogP contribution in [0.5, 0.6) is 5.75 Å². The maximum Gasteiger partial charge on any atom is 0.290 e. The molecule has 0 spiro atoms. The molecule has 0 saturated heterocycles. The van der Waals surface area contributed by atoms with Crippen molar-refractivity contribution >= 4 is 6.02 Å². The van der Waals surface area contributed by atoms with Gasteiger partial charge in [-0.15, -0.1) is 0 Å². The molecule has 3 nitrogen and oxygen atoms in total. The summed E-state index contributed by atoms with van der Waals surface area (Å²) in [6.07, 6.45) is 0. The second-order valence-electron chi connectivity index (χ2n) is 2.98. The Balaban J connectivity index is 2.13. The van der Waals surface area contributed by atoms with Gasteiger partial charge in [-0.25, -0.2) is 4.99 Å². The molecule has 0 radical (unpaired) electrons. The van der Waals surface area contributed by atoms with Crippen LogP contribution in [0.15, 0.2) is 29.3 Å². The van der Waals surface area contributed by atoms with Crippen LogP contribution in [0, 0.1) is 6.92 Å². The van der Waals surface area contributed by atoms with Gasteiger partial charge in [-0.05, 0) is 18.6 Å². The molecule has 1 aliphatic heterocycles. The minimum Gasteiger partial charge on any atom is -0.426 e. The van der Waals surface area contributed by atoms with Gasteiger partial charge in [0.15, 0.2) is 0 Å². The van der Waals surface area contributed by atoms with Gasteiger partial charge in [0.2, 0.25) is 0 Å². The number of ether oxygens (including phenoxy) is 1. The van der Waals surface area contributed by atoms with Crippen molar-refractivity contribution in [2.24, 2.45) is 4.99 Å². The number of para-hydroxylation sites is 1. The Hall–Kier alpha value is -1.51. The molecule has 0 aromatic heterocycles. The maximum atomic E-state index is 5.54. The van der Waals surface area contributed by atoms with E-state index in [0.29, 0.717) is 6.02 Å². The number of amidine groups is 1. The number of aryl methyl sites for hydroxylation is 1. The van der Waals surface area contributed by atoms with E-state index in [1.165, 1.54) is 0 Å². The zero-order valence-corrected chi connectivity index (χ0v) is 7.58. The molecule has 1 heterocycles. The van der Waals surface area contributed by atoms with E-state index in [-0.39, 0.29) is 0 Å². The summed E-state index contributed by atoms with van der Waals surface area (Å²) in [7, 11) is 0. The normalized spacial score (nSPS) is 15.0. The lowest BCUT2D eigenvalue weighted by molar-refractivity contribution is 0.525. The number of nitrogens with zero attached hydrogens (tertiary/aromatic N) is 1. The summed E-state index contributed by atoms with van der Waals surface area (Å²) in [4.78, 5) is 4.16. The number of hydrogen-bond acceptors (Lipinski definition) is 3. The third-order valence-electron chi connectivity index (χ3n) is 1.94. The molecule has 1 aromatic carbocycles. The van der Waals surface area contributed by atoms with E-state index < -0.39 is 0 Å². The number of aliphatic imine (C=N–C) groups is 1. The van der Waals surface area contributed by atoms with Gasteiger partial charge in [0.05, 0.1) is 6.54 Å². The molecule has 0 atom stereocenters. The molecule has 3 heteroatoms. The Labute approximate surface area is 77.4 Å². The van der Waals surface area contributed by atoms with Crippen LogP contribution in [0.1, 0.15) is 5.56 Å². The fourth-order valence-corrected chi connectivity index (χ4v) is 1.22. The topological polar surface area (TPSA) is 33.6 Å². The molecule has 68 valence electrons. The van der Waals surface area contributed by atoms with Crippen LogP contribution in [-0.2, 0) is 0 Å². The van der Waals surface area contributed by atoms with Crippen molar-refractivity contribution in [3.05, 3.63) is 29.8 Å². The highest BCUT2D eigenvalue weighted by molar-refractivity contribution is 5.77. The van der Waals surface area contributed by atoms with Crippen molar-refractivity contribution in [3.63, 3.8) is 0 Å². The lowest BCUT2D eigenvalue weighted by Crippen LogP contribution is -2.24. The van der Waals surface area contributed by atoms with Gasteiger partial charge in [-0.2, -0.15) is 0 Å². The third kappa shape index (κ3) is 1.80. The Kier molecular flexibility index (Phi) is 2.17. The molecule has 1 aliphatic rings. The van der Waals surface area contributed by atoms with Crippen LogP contribution < -0.4 is 10.1 Å². The lowest BCUT2D eigenvalue weighted by Gasteiger charge is -2.07. The van der Waals surface area contributed by atoms with Gasteiger partial charge in [0.25, 0.3) is 6.02 Å². The quantitative estimate of drug-likeness (QED) is 0.700. The molecule has 0 unspecified atom stereocenters. The summed E-state index contributed by atoms with van der Waals surface area (Å²) in [5, 5.41) is 3.06. The molecule has 0 amide bonds. The first-order chi connectivity index (χ1) is 6.36. The molecule has 2 rings (SSSR count). The van der Waals surface area contributed by atoms with Crippen molar-refractivity contribution < 1.29 is 4.74 Å². The van der Waals surface area contributed by atoms with Gasteiger partial charge in [-0.3, -0.25) is 0 Å². The highest BCUT2D eigenvalue weighted by Crippen LogP contribution is 2.16. The minimum absolute atomic E-state index is 0.634. The number of benzene rings is 1. The van der Waals surface area contributed by atoms with Crippen molar-refractivity contribution in [1.29, 1.82) is 0 Å². The molecular weight excluding hydrogens is 164 g/mol. The molecule has 0 saturated carbocycles. The highest BCUT2D eigenvalue weighted by Gasteiger charge is 2.07. The molecular formula is C10H12N2O. The molecule has 1 aromatic rings. The van der Waals surface area contributed by atoms with Crippen LogP contribution in [0.2, 0.25) is 0 Å². The van der Waals surface area contributed by atoms with Crippen LogP contribution in [0.4, 0.5) is 0 Å². The summed E-state index contributed by atoms with van der Waals surface area (Å²) < 4.78 is 5.54. The minimum atomic E-state index is 0.634. The van der Waals surface area contributed by atoms with Crippen molar-refractivity contribution in [2.45, 2.75) is 6.92 Å². The van der Waals surface area contributed by atoms with Gasteiger partial charge in [-0.1, -0.05) is 18.2 Å². The van der Waals surface area contributed by atoms with E-state index in [4.69, 9.17) is 4.74 Å². The largest absolute Gasteiger partial charge is 0.426 e. The van der Waals surface area contributed by atoms with Gasteiger partial charge < -0.3 is 10.1 Å². The van der Waals surface area contributed by atoms with E-state index in [0.717, 1.165) is 24.4 Å². The average Bonchev–Trinajstić information content (AvgIpc) is 2.61. The number of nitrogens with one attached hydrogen (secondary N) is 1. The summed E-state index contributed by atoms with van der Waals surface area (Å²) in [5.41, 5.74) is 1.12. The average molecular weight is 176 g/mol. The summed E-state index contributed by atoms with van der Waals surface area (Å²) >= 11 is 0. The fraction of sp³-hybridized carbons (Fsp3) is 0.300. The van der Waals surface area contributed by atoms with Crippen LogP contribution in [0.25, 0.3) is 0 Å². The van der Waals surface area contributed by atoms with Gasteiger partial charge in [0.1, 0.15) is 5.75 Å². The van der Waals surface area contributed by atoms with Crippen LogP contribution in [0.3, 0.4) is 0 Å². The summed E-state index contributed by atoms with van der Waals surface area (Å²) in [5.74, 6) is 0.871. The fourth-order valence-electron chi connectivity index (χ4n) is 1.22. The number of hydrogen-bond donors (Lipinski definition) is 1. The Morgan fingerprint density at radius 3 is 2.92 bits per heavy atom. The van der Waals surface area contributed by atoms with Crippen LogP contribution >= 0.6 is 0 Å². The molecule has 13 heavy (non-hydrogen) atoms. The lowest BCUT2D eigenvalue weighted by atomic mass is 10.2. The van der Waals surface area contributed by atoms with Crippen molar-refractivity contribution in [3.8, 4) is 5.75 Å². The summed E-state index contributed by atoms with van der Waals surface area (Å²) in [6.45, 7) is 3.70. The zero-order chi connectivity index (χ0) is 9.10. The van der Waals surface area contributed by atoms with E-state index in [2.05, 4.69) is 10.3 Å². The molecule has 0 aliphatic carbocycles. The van der Waals surface area contributed by atoms with Crippen LogP contribution in [-0.4, -0.2) is 19.1 Å². The van der Waals surface area contributed by atoms with E-state index in [1.807, 2.05) is 31.2 Å². The van der Waals surface area contributed by atoms with Gasteiger partial charge in [0, 0.05) is 6.54 Å². The predicted octanol–water partition coefficient (Wildman–Crippen LogP) is 1.33. The monoisotopic (exact) mass is 176 g/mol. The smallest absolute Gasteiger partial charge is 0.290 e. The van der Waals surface area contributed by atoms with E-state index >= 15 is 0 Å². The Morgan fingerprint density at radius 2 is 2.23 bits per heavy atom. The highest BCUT2D eigenvalue weighted by atomic mass is 16.5. The number of rotatable bonds is 1. The second kappa shape index (κ2) is 3.47. The second-order valence-corrected chi connectivity index (χ2v) is 2.98. The van der Waals surface area contributed by atoms with Gasteiger partial charge >= 0.3 is 0 Å². The maximum absolute atomic E-state index is 5.54. The molecule has 1 N–H and O–H groups in total. The van der Waals surface area contributed by atoms with Crippen molar-refractivity contribution in [2.75, 3.05) is 13.1 Å². The first kappa shape index (κ1) is 8.10. The standard InChI is InChI=1S/C10H12N2O/c1-8-4-2-3-5-9(8)13-10-11-6-7-12-10/h2-5H,6-7H2,1H3,(H,11,12). The summed E-state index contributed by atoms with van der Waals surface area (Å²) in [6, 6.07) is 8.54. The first-order valence-electron chi connectivity index (χ1n) is 4.38. The van der Waals surface area contributed by atoms with E-state index in [1.54, 1.807) is 0 Å². The molecule has 0 bridgehead atoms. The SMILES string of the molecule is Cc1ccccc1OC1=NCCN1. The van der Waals surface area contributed by atoms with E-state index in [9.17, 15) is 0 Å². The Bertz CT molecular complexity index is 333. The third-order valence-corrected chi connectivity index (χ3v) is 1.94. The first-order valence-corrected chi connectivity index (χ1v) is 4.38. The predicted molar refractivity (Wildman–Crippen MR) is 52.1 cm³/mol. The Morgan fingerprint density at radius 1 is 1.38 bits per heavy atom. The molecule has 0 fully saturated rings. The zero-order valence-electron chi connectivity index (χ0n) is 7.58. The van der Waals surface area contributed by atoms with Crippen molar-refractivity contribution in [1.82, 2.24) is 5.32 Å².